The van der Waals surface area contributed by atoms with Gasteiger partial charge in [-0.2, -0.15) is 0 Å². The van der Waals surface area contributed by atoms with E-state index in [0.29, 0.717) is 48.6 Å². The van der Waals surface area contributed by atoms with Crippen LogP contribution < -0.4 is 10.4 Å². The Labute approximate surface area is 427 Å². The first-order valence-electron chi connectivity index (χ1n) is 25.7. The summed E-state index contributed by atoms with van der Waals surface area (Å²) in [6, 6.07) is 40.8. The van der Waals surface area contributed by atoms with E-state index in [0.717, 1.165) is 28.7 Å². The van der Waals surface area contributed by atoms with E-state index in [4.69, 9.17) is 23.4 Å². The van der Waals surface area contributed by atoms with E-state index in [1.54, 1.807) is 19.1 Å². The van der Waals surface area contributed by atoms with Crippen molar-refractivity contribution in [2.75, 3.05) is 26.9 Å². The number of methoxy groups -OCH3 is 1. The van der Waals surface area contributed by atoms with Gasteiger partial charge in [-0.3, -0.25) is 4.79 Å². The van der Waals surface area contributed by atoms with E-state index in [-0.39, 0.29) is 84.9 Å². The molecule has 0 saturated carbocycles. The van der Waals surface area contributed by atoms with Gasteiger partial charge in [0.2, 0.25) is 0 Å². The third-order valence-corrected chi connectivity index (χ3v) is 15.3. The number of carbonyl (C=O) groups excluding carboxylic acids is 2. The Bertz CT molecular complexity index is 3010. The first-order chi connectivity index (χ1) is 35.5. The summed E-state index contributed by atoms with van der Waals surface area (Å²) in [6.07, 6.45) is 5.87. The number of esters is 2. The molecule has 0 amide bonds. The first kappa shape index (κ1) is 51.3. The van der Waals surface area contributed by atoms with Gasteiger partial charge < -0.3 is 38.7 Å². The smallest absolute Gasteiger partial charge is 0.340 e. The SMILES string of the molecule is COC[C@@H](CCO)c1c(CO)c2ccc3c(c2oc1=O)[C@H]1OC(=O)C[C@H]2C[C@@H](c4cccc(Cc5ccccc5)c4)C=C[C@H]2c2ccc(cc2)CC/C(=C(\C)CO)C(=O)O[C@@H]1[C@](C)(CCCc1ccccc1)O3. The zero-order valence-corrected chi connectivity index (χ0v) is 42.0. The average molecular weight is 987 g/mol. The van der Waals surface area contributed by atoms with E-state index >= 15 is 4.79 Å². The number of aliphatic hydroxyl groups is 3. The molecule has 0 unspecified atom stereocenters. The molecule has 380 valence electrons. The monoisotopic (exact) mass is 986 g/mol. The molecule has 0 spiro atoms. The largest absolute Gasteiger partial charge is 0.483 e. The van der Waals surface area contributed by atoms with Crippen molar-refractivity contribution in [2.45, 2.75) is 114 Å². The highest BCUT2D eigenvalue weighted by molar-refractivity contribution is 5.90. The molecule has 11 heteroatoms. The van der Waals surface area contributed by atoms with Gasteiger partial charge in [0.15, 0.2) is 12.2 Å². The van der Waals surface area contributed by atoms with Gasteiger partial charge >= 0.3 is 17.6 Å². The van der Waals surface area contributed by atoms with Crippen LogP contribution in [0.1, 0.15) is 126 Å². The lowest BCUT2D eigenvalue weighted by atomic mass is 9.72. The minimum atomic E-state index is -1.36. The molecule has 0 saturated heterocycles. The maximum atomic E-state index is 15.2. The number of aliphatic hydroxyl groups excluding tert-OH is 3. The van der Waals surface area contributed by atoms with Gasteiger partial charge in [0, 0.05) is 54.4 Å². The number of rotatable bonds is 14. The molecular formula is C62H66O11. The van der Waals surface area contributed by atoms with Crippen LogP contribution in [0.25, 0.3) is 11.0 Å². The maximum absolute atomic E-state index is 15.2. The Kier molecular flexibility index (Phi) is 16.2. The minimum absolute atomic E-state index is 0.00439. The normalized spacial score (nSPS) is 23.1. The van der Waals surface area contributed by atoms with Crippen LogP contribution in [0.4, 0.5) is 0 Å². The first-order valence-corrected chi connectivity index (χ1v) is 25.7. The summed E-state index contributed by atoms with van der Waals surface area (Å²) >= 11 is 0. The summed E-state index contributed by atoms with van der Waals surface area (Å²) in [4.78, 5) is 44.5. The third kappa shape index (κ3) is 11.3. The van der Waals surface area contributed by atoms with Gasteiger partial charge in [-0.25, -0.2) is 9.59 Å². The molecule has 11 nitrogen and oxygen atoms in total. The summed E-state index contributed by atoms with van der Waals surface area (Å²) in [6.45, 7) is 2.47. The molecule has 1 aromatic heterocycles. The van der Waals surface area contributed by atoms with Crippen molar-refractivity contribution < 1.29 is 48.3 Å². The van der Waals surface area contributed by atoms with Crippen molar-refractivity contribution in [1.29, 1.82) is 0 Å². The van der Waals surface area contributed by atoms with Gasteiger partial charge in [-0.1, -0.05) is 121 Å². The highest BCUT2D eigenvalue weighted by atomic mass is 16.6. The van der Waals surface area contributed by atoms with Crippen molar-refractivity contribution in [3.8, 4) is 5.75 Å². The molecule has 0 radical (unpaired) electrons. The Morgan fingerprint density at radius 3 is 2.26 bits per heavy atom. The lowest BCUT2D eigenvalue weighted by Crippen LogP contribution is -2.54. The van der Waals surface area contributed by atoms with Crippen LogP contribution in [0.3, 0.4) is 0 Å². The molecule has 3 N–H and O–H groups in total. The van der Waals surface area contributed by atoms with E-state index in [2.05, 4.69) is 97.1 Å². The number of benzene rings is 5. The lowest BCUT2D eigenvalue weighted by Gasteiger charge is -2.45. The predicted octanol–water partition coefficient (Wildman–Crippen LogP) is 10.4. The second-order valence-corrected chi connectivity index (χ2v) is 20.2. The predicted molar refractivity (Wildman–Crippen MR) is 279 cm³/mol. The Hall–Kier alpha value is -6.63. The molecule has 3 aliphatic heterocycles. The molecule has 10 rings (SSSR count). The van der Waals surface area contributed by atoms with Crippen LogP contribution >= 0.6 is 0 Å². The molecule has 4 heterocycles. The third-order valence-electron chi connectivity index (χ3n) is 15.3. The quantitative estimate of drug-likeness (QED) is 0.0412. The highest BCUT2D eigenvalue weighted by Gasteiger charge is 2.53. The van der Waals surface area contributed by atoms with Crippen LogP contribution in [0.15, 0.2) is 154 Å². The van der Waals surface area contributed by atoms with Gasteiger partial charge in [0.1, 0.15) is 16.9 Å². The molecule has 73 heavy (non-hydrogen) atoms. The second-order valence-electron chi connectivity index (χ2n) is 20.2. The molecule has 2 bridgehead atoms. The standard InChI is InChI=1S/C62H66O11/c1-39(36-64)49-25-21-41-19-22-44(23-20-41)50-26-24-46(45-18-10-16-43(33-45)32-42-14-8-5-9-15-42)34-48(50)35-54(66)70-58-56-53(73-62(2,59(58)72-60(49)67)30-11-17-40-12-6-4-7-13-40)28-27-51-52(37-65)55(61(68)71-57(51)56)47(29-31-63)38-69-3/h4-10,12-16,18-20,22-24,26-28,33,46-48,50,58-59,63-65H,11,17,21,25,29-32,34-38H2,1-3H3/b49-39-/t46-,47+,48+,50-,58+,59-,62-/m0/s1. The molecule has 6 aromatic rings. The fourth-order valence-electron chi connectivity index (χ4n) is 11.4. The number of fused-ring (bicyclic) bond motifs is 11. The van der Waals surface area contributed by atoms with Crippen molar-refractivity contribution in [3.05, 3.63) is 205 Å². The van der Waals surface area contributed by atoms with Crippen LogP contribution in [0.5, 0.6) is 5.75 Å². The fraction of sp³-hybridized carbons (Fsp3) is 0.371. The van der Waals surface area contributed by atoms with Gasteiger partial charge in [0.05, 0.1) is 25.4 Å². The molecule has 5 aromatic carbocycles. The van der Waals surface area contributed by atoms with E-state index in [9.17, 15) is 24.9 Å². The number of aryl methyl sites for hydroxylation is 2. The number of hydrogen-bond acceptors (Lipinski definition) is 11. The van der Waals surface area contributed by atoms with E-state index < -0.39 is 47.9 Å². The lowest BCUT2D eigenvalue weighted by molar-refractivity contribution is -0.192. The van der Waals surface area contributed by atoms with Crippen LogP contribution in [0.2, 0.25) is 0 Å². The van der Waals surface area contributed by atoms with Gasteiger partial charge in [0.25, 0.3) is 0 Å². The van der Waals surface area contributed by atoms with Gasteiger partial charge in [-0.15, -0.1) is 0 Å². The van der Waals surface area contributed by atoms with Crippen molar-refractivity contribution in [2.24, 2.45) is 5.92 Å². The van der Waals surface area contributed by atoms with Crippen LogP contribution in [0, 0.1) is 5.92 Å². The summed E-state index contributed by atoms with van der Waals surface area (Å²) in [5.74, 6) is -1.89. The minimum Gasteiger partial charge on any atom is -0.483 e. The topological polar surface area (TPSA) is 162 Å². The summed E-state index contributed by atoms with van der Waals surface area (Å²) in [7, 11) is 1.50. The van der Waals surface area contributed by atoms with Gasteiger partial charge in [-0.05, 0) is 128 Å². The van der Waals surface area contributed by atoms with E-state index in [1.165, 1.54) is 18.2 Å². The van der Waals surface area contributed by atoms with Crippen LogP contribution in [-0.2, 0) is 49.7 Å². The summed E-state index contributed by atoms with van der Waals surface area (Å²) in [5.41, 5.74) is 6.09. The zero-order valence-electron chi connectivity index (χ0n) is 42.0. The zero-order chi connectivity index (χ0) is 51.1. The molecule has 4 aliphatic rings. The summed E-state index contributed by atoms with van der Waals surface area (Å²) in [5, 5.41) is 31.9. The molecular weight excluding hydrogens is 921 g/mol. The Balaban J connectivity index is 1.17. The van der Waals surface area contributed by atoms with Crippen molar-refractivity contribution in [1.82, 2.24) is 0 Å². The molecule has 7 atom stereocenters. The number of ether oxygens (including phenoxy) is 4. The van der Waals surface area contributed by atoms with E-state index in [1.807, 2.05) is 31.2 Å². The number of allylic oxidation sites excluding steroid dienone is 2. The Morgan fingerprint density at radius 1 is 0.808 bits per heavy atom. The second kappa shape index (κ2) is 23.1. The maximum Gasteiger partial charge on any atom is 0.340 e. The average Bonchev–Trinajstić information content (AvgIpc) is 3.39. The van der Waals surface area contributed by atoms with Crippen molar-refractivity contribution >= 4 is 22.9 Å². The Morgan fingerprint density at radius 2 is 1.55 bits per heavy atom. The fourth-order valence-corrected chi connectivity index (χ4v) is 11.4. The van der Waals surface area contributed by atoms with Crippen molar-refractivity contribution in [3.63, 3.8) is 0 Å². The highest BCUT2D eigenvalue weighted by Crippen LogP contribution is 2.50. The number of carbonyl (C=O) groups is 2. The summed E-state index contributed by atoms with van der Waals surface area (Å²) < 4.78 is 32.3. The molecule has 0 fully saturated rings. The number of hydrogen-bond donors (Lipinski definition) is 3. The van der Waals surface area contributed by atoms with Crippen LogP contribution in [-0.4, -0.2) is 65.9 Å². The molecule has 1 aliphatic carbocycles.